The van der Waals surface area contributed by atoms with E-state index in [1.807, 2.05) is 36.4 Å². The Bertz CT molecular complexity index is 1590. The fraction of sp³-hybridized carbons (Fsp3) is 0.0714. The average molecular weight is 485 g/mol. The number of anilines is 1. The fourth-order valence-corrected chi connectivity index (χ4v) is 4.43. The number of benzene rings is 1. The number of aromatic nitrogens is 4. The van der Waals surface area contributed by atoms with Crippen molar-refractivity contribution in [1.29, 1.82) is 0 Å². The molecule has 2 N–H and O–H groups in total. The molecule has 2 aliphatic heterocycles. The standard InChI is InChI=1S/C28H23N5.Fe/c1-33(2)28-26-17-24-13-11-22(31-24)15-20-9-8-19(29-20)14-21-10-12-23(30-21)16-25(32-26)27(28)18-6-4-3-5-7-18;/h3-17,31-32H,1-2H3;. The van der Waals surface area contributed by atoms with Gasteiger partial charge in [0, 0.05) is 47.8 Å². The molecule has 0 unspecified atom stereocenters. The third-order valence-corrected chi connectivity index (χ3v) is 5.83. The van der Waals surface area contributed by atoms with Gasteiger partial charge in [-0.3, -0.25) is 0 Å². The van der Waals surface area contributed by atoms with Crippen LogP contribution in [-0.2, 0) is 17.1 Å². The molecule has 4 aromatic rings. The van der Waals surface area contributed by atoms with Crippen molar-refractivity contribution in [2.24, 2.45) is 0 Å². The fourth-order valence-electron chi connectivity index (χ4n) is 4.43. The second-order valence-electron chi connectivity index (χ2n) is 8.47. The number of hydrogen-bond acceptors (Lipinski definition) is 3. The third kappa shape index (κ3) is 4.10. The van der Waals surface area contributed by atoms with E-state index in [1.165, 1.54) is 0 Å². The number of H-pyrrole nitrogens is 2. The molecular weight excluding hydrogens is 462 g/mol. The molecule has 0 spiro atoms. The molecule has 0 radical (unpaired) electrons. The molecule has 8 bridgehead atoms. The van der Waals surface area contributed by atoms with Gasteiger partial charge in [0.2, 0.25) is 0 Å². The first kappa shape index (κ1) is 22.0. The molecule has 5 heterocycles. The second-order valence-corrected chi connectivity index (χ2v) is 8.47. The Kier molecular flexibility index (Phi) is 5.70. The number of aromatic amines is 2. The van der Waals surface area contributed by atoms with Crippen LogP contribution in [0.2, 0.25) is 0 Å². The van der Waals surface area contributed by atoms with Gasteiger partial charge in [0.15, 0.2) is 0 Å². The van der Waals surface area contributed by atoms with Crippen LogP contribution in [0.4, 0.5) is 5.69 Å². The number of hydrogen-bond donors (Lipinski definition) is 2. The van der Waals surface area contributed by atoms with E-state index in [0.29, 0.717) is 0 Å². The van der Waals surface area contributed by atoms with Crippen molar-refractivity contribution >= 4 is 52.1 Å². The van der Waals surface area contributed by atoms with Crippen molar-refractivity contribution < 1.29 is 17.1 Å². The number of fused-ring (bicyclic) bond motifs is 8. The summed E-state index contributed by atoms with van der Waals surface area (Å²) in [5.74, 6) is 0. The molecule has 1 aromatic carbocycles. The molecule has 6 rings (SSSR count). The van der Waals surface area contributed by atoms with E-state index >= 15 is 0 Å². The zero-order valence-corrected chi connectivity index (χ0v) is 20.0. The van der Waals surface area contributed by atoms with Gasteiger partial charge in [0.25, 0.3) is 0 Å². The minimum absolute atomic E-state index is 0. The van der Waals surface area contributed by atoms with Gasteiger partial charge in [0.05, 0.1) is 39.5 Å². The van der Waals surface area contributed by atoms with Crippen molar-refractivity contribution in [2.75, 3.05) is 19.0 Å². The Labute approximate surface area is 208 Å². The molecule has 168 valence electrons. The molecule has 34 heavy (non-hydrogen) atoms. The van der Waals surface area contributed by atoms with Crippen LogP contribution < -0.4 is 4.90 Å². The van der Waals surface area contributed by atoms with Crippen LogP contribution in [0.15, 0.2) is 66.7 Å². The minimum Gasteiger partial charge on any atom is -0.375 e. The van der Waals surface area contributed by atoms with Crippen molar-refractivity contribution in [3.05, 3.63) is 89.5 Å². The predicted octanol–water partition coefficient (Wildman–Crippen LogP) is 6.39. The largest absolute Gasteiger partial charge is 0.375 e. The molecular formula is C28H23FeN5. The van der Waals surface area contributed by atoms with Gasteiger partial charge >= 0.3 is 0 Å². The van der Waals surface area contributed by atoms with Gasteiger partial charge in [-0.1, -0.05) is 30.3 Å². The zero-order valence-electron chi connectivity index (χ0n) is 18.9. The average Bonchev–Trinajstić information content (AvgIpc) is 3.58. The van der Waals surface area contributed by atoms with E-state index < -0.39 is 0 Å². The molecule has 0 atom stereocenters. The van der Waals surface area contributed by atoms with Crippen molar-refractivity contribution in [2.45, 2.75) is 0 Å². The van der Waals surface area contributed by atoms with Gasteiger partial charge in [-0.15, -0.1) is 0 Å². The molecule has 0 saturated heterocycles. The second kappa shape index (κ2) is 8.82. The first-order valence-electron chi connectivity index (χ1n) is 11.0. The number of rotatable bonds is 2. The SMILES string of the molecule is CN(C)c1c(-c2ccccc2)c2cc3nc(cc4nc(cc5ccc(cc1[nH]2)[nH]5)C=C4)C=C3.[Fe]. The molecule has 0 amide bonds. The summed E-state index contributed by atoms with van der Waals surface area (Å²) in [5.41, 5.74) is 11.2. The van der Waals surface area contributed by atoms with Crippen LogP contribution in [0.5, 0.6) is 0 Å². The maximum atomic E-state index is 4.82. The molecule has 0 fully saturated rings. The van der Waals surface area contributed by atoms with Gasteiger partial charge in [-0.05, 0) is 66.3 Å². The third-order valence-electron chi connectivity index (χ3n) is 5.83. The van der Waals surface area contributed by atoms with E-state index in [4.69, 9.17) is 9.97 Å². The number of nitrogens with zero attached hydrogens (tertiary/aromatic N) is 3. The van der Waals surface area contributed by atoms with Gasteiger partial charge in [0.1, 0.15) is 0 Å². The maximum absolute atomic E-state index is 4.82. The summed E-state index contributed by atoms with van der Waals surface area (Å²) in [6.07, 6.45) is 8.12. The predicted molar refractivity (Wildman–Crippen MR) is 139 cm³/mol. The maximum Gasteiger partial charge on any atom is 0.0701 e. The van der Waals surface area contributed by atoms with Gasteiger partial charge in [-0.2, -0.15) is 0 Å². The summed E-state index contributed by atoms with van der Waals surface area (Å²) in [7, 11) is 4.17. The van der Waals surface area contributed by atoms with E-state index in [1.54, 1.807) is 0 Å². The quantitative estimate of drug-likeness (QED) is 0.280. The first-order valence-corrected chi connectivity index (χ1v) is 11.0. The Morgan fingerprint density at radius 1 is 0.618 bits per heavy atom. The monoisotopic (exact) mass is 485 g/mol. The Hall–Kier alpha value is -3.86. The molecule has 5 nitrogen and oxygen atoms in total. The summed E-state index contributed by atoms with van der Waals surface area (Å²) in [6.45, 7) is 0. The van der Waals surface area contributed by atoms with Crippen LogP contribution in [-0.4, -0.2) is 34.0 Å². The van der Waals surface area contributed by atoms with Crippen LogP contribution in [0.25, 0.3) is 57.5 Å². The first-order chi connectivity index (χ1) is 16.1. The smallest absolute Gasteiger partial charge is 0.0701 e. The molecule has 0 aliphatic carbocycles. The normalized spacial score (nSPS) is 11.9. The van der Waals surface area contributed by atoms with E-state index in [2.05, 4.69) is 83.6 Å². The Morgan fingerprint density at radius 2 is 1.21 bits per heavy atom. The van der Waals surface area contributed by atoms with Crippen LogP contribution in [0, 0.1) is 0 Å². The van der Waals surface area contributed by atoms with Crippen molar-refractivity contribution in [1.82, 2.24) is 19.9 Å². The van der Waals surface area contributed by atoms with Crippen molar-refractivity contribution in [3.8, 4) is 11.1 Å². The molecule has 3 aromatic heterocycles. The van der Waals surface area contributed by atoms with Crippen LogP contribution in [0.1, 0.15) is 22.8 Å². The topological polar surface area (TPSA) is 60.6 Å². The summed E-state index contributed by atoms with van der Waals surface area (Å²) >= 11 is 0. The zero-order chi connectivity index (χ0) is 22.4. The summed E-state index contributed by atoms with van der Waals surface area (Å²) in [4.78, 5) is 18.8. The van der Waals surface area contributed by atoms with Crippen LogP contribution in [0.3, 0.4) is 0 Å². The van der Waals surface area contributed by atoms with E-state index in [-0.39, 0.29) is 17.1 Å². The Balaban J connectivity index is 0.00000241. The van der Waals surface area contributed by atoms with Crippen LogP contribution >= 0.6 is 0 Å². The molecule has 2 aliphatic rings. The Morgan fingerprint density at radius 3 is 1.85 bits per heavy atom. The van der Waals surface area contributed by atoms with E-state index in [0.717, 1.165) is 61.7 Å². The van der Waals surface area contributed by atoms with Gasteiger partial charge < -0.3 is 14.9 Å². The minimum atomic E-state index is 0. The van der Waals surface area contributed by atoms with Gasteiger partial charge in [-0.25, -0.2) is 9.97 Å². The number of nitrogens with one attached hydrogen (secondary N) is 2. The molecule has 0 saturated carbocycles. The summed E-state index contributed by atoms with van der Waals surface area (Å²) < 4.78 is 0. The molecule has 6 heteroatoms. The van der Waals surface area contributed by atoms with E-state index in [9.17, 15) is 0 Å². The van der Waals surface area contributed by atoms with Crippen molar-refractivity contribution in [3.63, 3.8) is 0 Å². The summed E-state index contributed by atoms with van der Waals surface area (Å²) in [5, 5.41) is 0. The summed E-state index contributed by atoms with van der Waals surface area (Å²) in [6, 6.07) is 23.0.